The van der Waals surface area contributed by atoms with E-state index in [2.05, 4.69) is 4.98 Å². The van der Waals surface area contributed by atoms with Crippen molar-refractivity contribution < 1.29 is 19.3 Å². The number of pyridine rings is 1. The van der Waals surface area contributed by atoms with Gasteiger partial charge in [0.05, 0.1) is 22.3 Å². The number of rotatable bonds is 4. The van der Waals surface area contributed by atoms with E-state index in [-0.39, 0.29) is 11.4 Å². The number of hydrogen-bond acceptors (Lipinski definition) is 7. The van der Waals surface area contributed by atoms with Gasteiger partial charge in [-0.15, -0.1) is 0 Å². The fourth-order valence-corrected chi connectivity index (χ4v) is 4.09. The van der Waals surface area contributed by atoms with Crippen LogP contribution in [0.4, 0.5) is 17.1 Å². The molecule has 0 bridgehead atoms. The fourth-order valence-electron chi connectivity index (χ4n) is 4.09. The van der Waals surface area contributed by atoms with Gasteiger partial charge in [-0.1, -0.05) is 18.2 Å². The number of para-hydroxylation sites is 1. The molecule has 0 unspecified atom stereocenters. The van der Waals surface area contributed by atoms with Gasteiger partial charge in [-0.25, -0.2) is 9.96 Å². The molecule has 3 aromatic rings. The van der Waals surface area contributed by atoms with Crippen molar-refractivity contribution in [2.75, 3.05) is 9.96 Å². The Hall–Kier alpha value is -4.11. The lowest BCUT2D eigenvalue weighted by Gasteiger charge is -2.28. The number of carbonyl (C=O) groups is 2. The third-order valence-electron chi connectivity index (χ3n) is 5.49. The lowest BCUT2D eigenvalue weighted by atomic mass is 9.91. The number of nitrogens with zero attached hydrogens (tertiary/aromatic N) is 4. The van der Waals surface area contributed by atoms with E-state index in [0.29, 0.717) is 0 Å². The summed E-state index contributed by atoms with van der Waals surface area (Å²) < 4.78 is 0. The summed E-state index contributed by atoms with van der Waals surface area (Å²) in [5.41, 5.74) is 1.67. The summed E-state index contributed by atoms with van der Waals surface area (Å²) in [6.45, 7) is 0. The molecule has 154 valence electrons. The zero-order chi connectivity index (χ0) is 21.5. The van der Waals surface area contributed by atoms with Crippen molar-refractivity contribution in [1.29, 1.82) is 0 Å². The topological polar surface area (TPSA) is 106 Å². The number of fused-ring (bicyclic) bond motifs is 1. The zero-order valence-electron chi connectivity index (χ0n) is 16.1. The predicted octanol–water partition coefficient (Wildman–Crippen LogP) is 3.04. The number of nitro groups is 1. The molecule has 1 aromatic heterocycles. The number of anilines is 2. The highest BCUT2D eigenvalue weighted by Gasteiger charge is 2.60. The van der Waals surface area contributed by atoms with Gasteiger partial charge >= 0.3 is 0 Å². The molecular weight excluding hydrogens is 400 g/mol. The highest BCUT2D eigenvalue weighted by Crippen LogP contribution is 2.47. The van der Waals surface area contributed by atoms with Crippen LogP contribution in [-0.2, 0) is 14.4 Å². The van der Waals surface area contributed by atoms with Crippen LogP contribution in [-0.4, -0.2) is 27.8 Å². The molecule has 2 fully saturated rings. The van der Waals surface area contributed by atoms with Crippen LogP contribution in [0.3, 0.4) is 0 Å². The monoisotopic (exact) mass is 416 g/mol. The van der Waals surface area contributed by atoms with Crippen molar-refractivity contribution in [2.24, 2.45) is 5.92 Å². The van der Waals surface area contributed by atoms with E-state index in [1.165, 1.54) is 24.3 Å². The van der Waals surface area contributed by atoms with Crippen LogP contribution in [0.25, 0.3) is 0 Å². The quantitative estimate of drug-likeness (QED) is 0.366. The SMILES string of the molecule is O=C1[C@@H]2[C@H](ON(c3ccccc3)[C@@H]2c2ccncc2)C(=O)N1c1ccc([N+](=O)[O-])cc1. The van der Waals surface area contributed by atoms with E-state index in [9.17, 15) is 19.7 Å². The van der Waals surface area contributed by atoms with Gasteiger partial charge in [-0.05, 0) is 42.0 Å². The van der Waals surface area contributed by atoms with Gasteiger partial charge in [0.25, 0.3) is 11.6 Å². The first-order chi connectivity index (χ1) is 15.1. The molecule has 2 saturated heterocycles. The summed E-state index contributed by atoms with van der Waals surface area (Å²) in [5, 5.41) is 12.5. The van der Waals surface area contributed by atoms with Crippen LogP contribution in [0.15, 0.2) is 79.1 Å². The van der Waals surface area contributed by atoms with Crippen LogP contribution in [0.2, 0.25) is 0 Å². The first-order valence-corrected chi connectivity index (χ1v) is 9.59. The molecule has 2 aliphatic rings. The Morgan fingerprint density at radius 2 is 1.55 bits per heavy atom. The lowest BCUT2D eigenvalue weighted by Crippen LogP contribution is -2.37. The van der Waals surface area contributed by atoms with Crippen LogP contribution in [0.5, 0.6) is 0 Å². The second-order valence-electron chi connectivity index (χ2n) is 7.22. The molecule has 9 heteroatoms. The normalized spacial score (nSPS) is 22.6. The van der Waals surface area contributed by atoms with E-state index >= 15 is 0 Å². The average Bonchev–Trinajstić information content (AvgIpc) is 3.31. The van der Waals surface area contributed by atoms with Crippen molar-refractivity contribution in [3.63, 3.8) is 0 Å². The summed E-state index contributed by atoms with van der Waals surface area (Å²) >= 11 is 0. The van der Waals surface area contributed by atoms with E-state index in [4.69, 9.17) is 4.84 Å². The van der Waals surface area contributed by atoms with Crippen molar-refractivity contribution >= 4 is 28.9 Å². The van der Waals surface area contributed by atoms with Crippen LogP contribution in [0.1, 0.15) is 11.6 Å². The summed E-state index contributed by atoms with van der Waals surface area (Å²) in [4.78, 5) is 48.1. The second kappa shape index (κ2) is 7.29. The number of benzene rings is 2. The molecule has 31 heavy (non-hydrogen) atoms. The molecule has 3 heterocycles. The molecule has 0 N–H and O–H groups in total. The Bertz CT molecular complexity index is 1150. The van der Waals surface area contributed by atoms with Gasteiger partial charge < -0.3 is 0 Å². The van der Waals surface area contributed by atoms with Gasteiger partial charge in [0.2, 0.25) is 5.91 Å². The van der Waals surface area contributed by atoms with Gasteiger partial charge in [-0.2, -0.15) is 0 Å². The minimum Gasteiger partial charge on any atom is -0.273 e. The first kappa shape index (κ1) is 18.9. The Balaban J connectivity index is 1.54. The summed E-state index contributed by atoms with van der Waals surface area (Å²) in [5.74, 6) is -1.68. The number of nitro benzene ring substituents is 1. The number of hydrogen-bond donors (Lipinski definition) is 0. The van der Waals surface area contributed by atoms with Gasteiger partial charge in [0, 0.05) is 24.5 Å². The number of hydroxylamine groups is 1. The highest BCUT2D eigenvalue weighted by atomic mass is 16.7. The van der Waals surface area contributed by atoms with Gasteiger partial charge in [0.1, 0.15) is 5.92 Å². The van der Waals surface area contributed by atoms with Crippen LogP contribution >= 0.6 is 0 Å². The lowest BCUT2D eigenvalue weighted by molar-refractivity contribution is -0.384. The van der Waals surface area contributed by atoms with Crippen molar-refractivity contribution in [3.05, 3.63) is 94.8 Å². The van der Waals surface area contributed by atoms with Crippen molar-refractivity contribution in [1.82, 2.24) is 4.98 Å². The molecule has 2 amide bonds. The number of imide groups is 1. The van der Waals surface area contributed by atoms with Gasteiger partial charge in [-0.3, -0.25) is 29.5 Å². The maximum absolute atomic E-state index is 13.4. The Morgan fingerprint density at radius 1 is 0.871 bits per heavy atom. The molecule has 2 aliphatic heterocycles. The highest BCUT2D eigenvalue weighted by molar-refractivity contribution is 6.23. The number of carbonyl (C=O) groups excluding carboxylic acids is 2. The number of non-ortho nitro benzene ring substituents is 1. The van der Waals surface area contributed by atoms with E-state index < -0.39 is 34.8 Å². The van der Waals surface area contributed by atoms with Crippen molar-refractivity contribution in [3.8, 4) is 0 Å². The third-order valence-corrected chi connectivity index (χ3v) is 5.49. The summed E-state index contributed by atoms with van der Waals surface area (Å²) in [6.07, 6.45) is 2.25. The largest absolute Gasteiger partial charge is 0.273 e. The smallest absolute Gasteiger partial charge is 0.269 e. The molecule has 2 aromatic carbocycles. The maximum Gasteiger partial charge on any atom is 0.269 e. The molecule has 9 nitrogen and oxygen atoms in total. The Labute approximate surface area is 176 Å². The van der Waals surface area contributed by atoms with Crippen molar-refractivity contribution in [2.45, 2.75) is 12.1 Å². The second-order valence-corrected chi connectivity index (χ2v) is 7.22. The van der Waals surface area contributed by atoms with E-state index in [1.54, 1.807) is 29.6 Å². The molecule has 0 saturated carbocycles. The van der Waals surface area contributed by atoms with Crippen LogP contribution in [0, 0.1) is 16.0 Å². The Kier molecular flexibility index (Phi) is 4.45. The Morgan fingerprint density at radius 3 is 2.19 bits per heavy atom. The molecule has 3 atom stereocenters. The summed E-state index contributed by atoms with van der Waals surface area (Å²) in [7, 11) is 0. The maximum atomic E-state index is 13.4. The molecular formula is C22H16N4O5. The fraction of sp³-hybridized carbons (Fsp3) is 0.136. The standard InChI is InChI=1S/C22H16N4O5/c27-21-18-19(14-10-12-23-13-11-14)25(16-4-2-1-3-5-16)31-20(18)22(28)24(21)15-6-8-17(9-7-15)26(29)30/h1-13,18-20H/t18-,19+,20-/m0/s1. The molecule has 5 rings (SSSR count). The summed E-state index contributed by atoms with van der Waals surface area (Å²) in [6, 6.07) is 17.6. The third kappa shape index (κ3) is 3.03. The van der Waals surface area contributed by atoms with E-state index in [1.807, 2.05) is 30.3 Å². The number of amides is 2. The average molecular weight is 416 g/mol. The zero-order valence-corrected chi connectivity index (χ0v) is 16.1. The number of aromatic nitrogens is 1. The molecule has 0 radical (unpaired) electrons. The molecule has 0 spiro atoms. The molecule has 0 aliphatic carbocycles. The minimum absolute atomic E-state index is 0.121. The van der Waals surface area contributed by atoms with Gasteiger partial charge in [0.15, 0.2) is 6.10 Å². The van der Waals surface area contributed by atoms with Crippen LogP contribution < -0.4 is 9.96 Å². The minimum atomic E-state index is -0.999. The van der Waals surface area contributed by atoms with E-state index in [0.717, 1.165) is 16.2 Å². The predicted molar refractivity (Wildman–Crippen MR) is 110 cm³/mol. The first-order valence-electron chi connectivity index (χ1n) is 9.59.